The van der Waals surface area contributed by atoms with Crippen LogP contribution in [0, 0.1) is 16.7 Å². The van der Waals surface area contributed by atoms with E-state index >= 15 is 0 Å². The van der Waals surface area contributed by atoms with Crippen LogP contribution in [-0.2, 0) is 16.2 Å². The highest BCUT2D eigenvalue weighted by Crippen LogP contribution is 2.46. The molecule has 1 saturated carbocycles. The first kappa shape index (κ1) is 32.0. The third kappa shape index (κ3) is 7.54. The van der Waals surface area contributed by atoms with E-state index in [2.05, 4.69) is 31.6 Å². The van der Waals surface area contributed by atoms with Gasteiger partial charge in [-0.1, -0.05) is 23.7 Å². The highest BCUT2D eigenvalue weighted by atomic mass is 35.5. The summed E-state index contributed by atoms with van der Waals surface area (Å²) in [5.74, 6) is 1.05. The topological polar surface area (TPSA) is 129 Å². The van der Waals surface area contributed by atoms with Crippen molar-refractivity contribution >= 4 is 51.3 Å². The smallest absolute Gasteiger partial charge is 0.248 e. The Kier molecular flexibility index (Phi) is 9.66. The predicted molar refractivity (Wildman–Crippen MR) is 181 cm³/mol. The summed E-state index contributed by atoms with van der Waals surface area (Å²) in [7, 11) is 0. The molecule has 0 bridgehead atoms. The average Bonchev–Trinajstić information content (AvgIpc) is 3.06. The van der Waals surface area contributed by atoms with Crippen LogP contribution in [0.4, 0.5) is 17.1 Å². The number of halogens is 1. The lowest BCUT2D eigenvalue weighted by molar-refractivity contribution is -0.135. The summed E-state index contributed by atoms with van der Waals surface area (Å²) in [5, 5.41) is 17.2. The number of nitrogens with zero attached hydrogens (tertiary/aromatic N) is 4. The van der Waals surface area contributed by atoms with Crippen molar-refractivity contribution in [1.82, 2.24) is 14.9 Å². The van der Waals surface area contributed by atoms with Gasteiger partial charge < -0.3 is 20.1 Å². The number of amides is 1. The molecule has 1 saturated heterocycles. The van der Waals surface area contributed by atoms with E-state index in [-0.39, 0.29) is 17.9 Å². The molecule has 240 valence electrons. The van der Waals surface area contributed by atoms with E-state index in [4.69, 9.17) is 21.1 Å². The number of hydrogen-bond donors (Lipinski definition) is 2. The van der Waals surface area contributed by atoms with E-state index in [1.165, 1.54) is 12.3 Å². The Morgan fingerprint density at radius 2 is 1.94 bits per heavy atom. The minimum atomic E-state index is -0.296. The lowest BCUT2D eigenvalue weighted by atomic mass is 9.62. The van der Waals surface area contributed by atoms with Crippen LogP contribution in [0.2, 0.25) is 5.02 Å². The first-order valence-corrected chi connectivity index (χ1v) is 16.0. The maximum Gasteiger partial charge on any atom is 0.248 e. The average molecular weight is 651 g/mol. The number of anilines is 3. The van der Waals surface area contributed by atoms with Gasteiger partial charge in [0.2, 0.25) is 5.91 Å². The molecule has 2 aliphatic rings. The van der Waals surface area contributed by atoms with Crippen LogP contribution in [0.15, 0.2) is 73.1 Å². The molecule has 47 heavy (non-hydrogen) atoms. The predicted octanol–water partition coefficient (Wildman–Crippen LogP) is 6.82. The highest BCUT2D eigenvalue weighted by Gasteiger charge is 2.44. The molecule has 1 aliphatic carbocycles. The first-order chi connectivity index (χ1) is 22.8. The molecule has 0 radical (unpaired) electrons. The Hall–Kier alpha value is -4.98. The molecule has 2 aromatic carbocycles. The molecule has 3 heterocycles. The number of carbonyl (C=O) groups is 2. The second-order valence-corrected chi connectivity index (χ2v) is 12.3. The minimum absolute atomic E-state index is 0.221. The Morgan fingerprint density at radius 1 is 1.11 bits per heavy atom. The van der Waals surface area contributed by atoms with Gasteiger partial charge in [0, 0.05) is 55.0 Å². The number of rotatable bonds is 11. The quantitative estimate of drug-likeness (QED) is 0.168. The van der Waals surface area contributed by atoms with Crippen molar-refractivity contribution in [3.05, 3.63) is 89.4 Å². The number of fused-ring (bicyclic) bond motifs is 1. The molecular formula is C36H35ClN6O4. The van der Waals surface area contributed by atoms with Crippen LogP contribution >= 0.6 is 11.6 Å². The monoisotopic (exact) mass is 650 g/mol. The fraction of sp³-hybridized carbons (Fsp3) is 0.306. The zero-order valence-corrected chi connectivity index (χ0v) is 26.8. The second kappa shape index (κ2) is 14.2. The van der Waals surface area contributed by atoms with Crippen LogP contribution in [0.5, 0.6) is 11.5 Å². The van der Waals surface area contributed by atoms with Gasteiger partial charge in [-0.15, -0.1) is 0 Å². The fourth-order valence-electron chi connectivity index (χ4n) is 6.12. The molecule has 1 spiro atoms. The molecule has 2 aromatic heterocycles. The maximum absolute atomic E-state index is 13.0. The van der Waals surface area contributed by atoms with E-state index in [0.717, 1.165) is 44.5 Å². The van der Waals surface area contributed by atoms with Crippen molar-refractivity contribution in [3.8, 4) is 17.6 Å². The van der Waals surface area contributed by atoms with Gasteiger partial charge in [-0.05, 0) is 74.7 Å². The Bertz CT molecular complexity index is 1860. The molecular weight excluding hydrogens is 616 g/mol. The third-order valence-electron chi connectivity index (χ3n) is 8.64. The van der Waals surface area contributed by atoms with E-state index in [1.54, 1.807) is 30.5 Å². The van der Waals surface area contributed by atoms with Crippen LogP contribution in [0.25, 0.3) is 10.9 Å². The van der Waals surface area contributed by atoms with Gasteiger partial charge in [0.1, 0.15) is 30.0 Å². The number of Topliss-reactive ketones (excluding diaryl/α,β-unsaturated/α-hetero) is 1. The maximum atomic E-state index is 13.0. The number of aromatic nitrogens is 2. The normalized spacial score (nSPS) is 15.7. The van der Waals surface area contributed by atoms with Gasteiger partial charge in [0.05, 0.1) is 39.8 Å². The first-order valence-electron chi connectivity index (χ1n) is 15.7. The minimum Gasteiger partial charge on any atom is -0.492 e. The zero-order valence-electron chi connectivity index (χ0n) is 26.1. The van der Waals surface area contributed by atoms with Crippen molar-refractivity contribution in [2.75, 3.05) is 36.9 Å². The van der Waals surface area contributed by atoms with Gasteiger partial charge >= 0.3 is 0 Å². The number of nitriles is 1. The summed E-state index contributed by atoms with van der Waals surface area (Å²) in [6.07, 6.45) is 10.1. The molecule has 1 aliphatic heterocycles. The Morgan fingerprint density at radius 3 is 2.64 bits per heavy atom. The van der Waals surface area contributed by atoms with Crippen molar-refractivity contribution in [1.29, 1.82) is 5.26 Å². The number of nitrogens with one attached hydrogen (secondary N) is 2. The van der Waals surface area contributed by atoms with Crippen LogP contribution in [0.1, 0.15) is 43.9 Å². The summed E-state index contributed by atoms with van der Waals surface area (Å²) >= 11 is 6.56. The molecule has 2 fully saturated rings. The number of ketones is 1. The number of pyridine rings is 2. The van der Waals surface area contributed by atoms with Crippen LogP contribution in [-0.4, -0.2) is 52.8 Å². The molecule has 10 nitrogen and oxygen atoms in total. The number of hydrogen-bond acceptors (Lipinski definition) is 9. The number of benzene rings is 2. The van der Waals surface area contributed by atoms with Gasteiger partial charge in [0.15, 0.2) is 0 Å². The molecule has 6 rings (SSSR count). The molecule has 11 heteroatoms. The third-order valence-corrected chi connectivity index (χ3v) is 8.94. The molecule has 1 amide bonds. The largest absolute Gasteiger partial charge is 0.492 e. The van der Waals surface area contributed by atoms with E-state index in [1.807, 2.05) is 37.3 Å². The van der Waals surface area contributed by atoms with Gasteiger partial charge in [-0.25, -0.2) is 0 Å². The van der Waals surface area contributed by atoms with Gasteiger partial charge in [-0.2, -0.15) is 5.26 Å². The zero-order chi connectivity index (χ0) is 32.8. The van der Waals surface area contributed by atoms with E-state index in [9.17, 15) is 14.9 Å². The van der Waals surface area contributed by atoms with E-state index in [0.29, 0.717) is 69.0 Å². The number of ether oxygens (including phenoxy) is 2. The SMILES string of the molecule is CCOc1cc2ncc(C#N)c(Nc3ccc(OCc4ccccn4)c(Cl)c3)c2cc1NC(=O)/C=C/CN1CCC2(CC1)CC(=O)C2. The van der Waals surface area contributed by atoms with Crippen LogP contribution < -0.4 is 20.1 Å². The lowest BCUT2D eigenvalue weighted by Crippen LogP contribution is -2.47. The number of likely N-dealkylation sites (tertiary alicyclic amines) is 1. The van der Waals surface area contributed by atoms with E-state index < -0.39 is 0 Å². The van der Waals surface area contributed by atoms with Crippen LogP contribution in [0.3, 0.4) is 0 Å². The van der Waals surface area contributed by atoms with Gasteiger partial charge in [-0.3, -0.25) is 24.5 Å². The van der Waals surface area contributed by atoms with Crippen molar-refractivity contribution < 1.29 is 19.1 Å². The van der Waals surface area contributed by atoms with Gasteiger partial charge in [0.25, 0.3) is 0 Å². The summed E-state index contributed by atoms with van der Waals surface area (Å²) in [5.41, 5.74) is 3.51. The molecule has 2 N–H and O–H groups in total. The van der Waals surface area contributed by atoms with Crippen molar-refractivity contribution in [3.63, 3.8) is 0 Å². The summed E-state index contributed by atoms with van der Waals surface area (Å²) < 4.78 is 11.7. The number of piperidine rings is 1. The standard InChI is InChI=1S/C36H35ClN6O4/c1-2-46-33-18-30-28(17-31(33)42-34(45)7-5-13-43-14-10-36(11-15-43)19-27(44)20-36)35(24(21-38)22-40-30)41-25-8-9-32(29(37)16-25)47-23-26-6-3-4-12-39-26/h3-9,12,16-18,22H,2,10-11,13-15,19-20,23H2,1H3,(H,40,41)(H,42,45)/b7-5+. The summed E-state index contributed by atoms with van der Waals surface area (Å²) in [6, 6.07) is 16.6. The lowest BCUT2D eigenvalue weighted by Gasteiger charge is -2.46. The molecule has 0 unspecified atom stereocenters. The summed E-state index contributed by atoms with van der Waals surface area (Å²) in [6.45, 7) is 5.04. The highest BCUT2D eigenvalue weighted by molar-refractivity contribution is 6.32. The van der Waals surface area contributed by atoms with Crippen molar-refractivity contribution in [2.24, 2.45) is 5.41 Å². The van der Waals surface area contributed by atoms with Crippen molar-refractivity contribution in [2.45, 2.75) is 39.2 Å². The Labute approximate surface area is 278 Å². The molecule has 0 atom stereocenters. The summed E-state index contributed by atoms with van der Waals surface area (Å²) in [4.78, 5) is 35.6. The molecule has 4 aromatic rings. The number of carbonyl (C=O) groups excluding carboxylic acids is 2. The second-order valence-electron chi connectivity index (χ2n) is 11.9. The fourth-order valence-corrected chi connectivity index (χ4v) is 6.35. The Balaban J connectivity index is 1.18.